The molecule has 0 aliphatic rings. The molecule has 5 heteroatoms. The zero-order valence-electron chi connectivity index (χ0n) is 10.8. The van der Waals surface area contributed by atoms with Crippen LogP contribution in [0.5, 0.6) is 0 Å². The quantitative estimate of drug-likeness (QED) is 0.715. The van der Waals surface area contributed by atoms with Gasteiger partial charge in [0.2, 0.25) is 11.6 Å². The van der Waals surface area contributed by atoms with Crippen LogP contribution in [-0.2, 0) is 0 Å². The molecule has 20 heavy (non-hydrogen) atoms. The van der Waals surface area contributed by atoms with Gasteiger partial charge in [0.15, 0.2) is 0 Å². The molecule has 0 saturated carbocycles. The van der Waals surface area contributed by atoms with Gasteiger partial charge in [0.05, 0.1) is 5.56 Å². The van der Waals surface area contributed by atoms with Crippen molar-refractivity contribution in [2.45, 2.75) is 6.92 Å². The molecule has 0 unspecified atom stereocenters. The van der Waals surface area contributed by atoms with Crippen molar-refractivity contribution < 1.29 is 4.39 Å². The molecule has 3 rings (SSSR count). The number of halogens is 1. The van der Waals surface area contributed by atoms with E-state index in [9.17, 15) is 4.39 Å². The molecule has 98 valence electrons. The number of aromatic nitrogens is 4. The van der Waals surface area contributed by atoms with Crippen LogP contribution in [0.3, 0.4) is 0 Å². The molecule has 0 aliphatic carbocycles. The first-order valence-electron chi connectivity index (χ1n) is 6.14. The van der Waals surface area contributed by atoms with Crippen molar-refractivity contribution >= 4 is 0 Å². The first kappa shape index (κ1) is 12.3. The third-order valence-corrected chi connectivity index (χ3v) is 2.98. The van der Waals surface area contributed by atoms with E-state index in [-0.39, 0.29) is 11.6 Å². The molecule has 1 heterocycles. The van der Waals surface area contributed by atoms with Gasteiger partial charge in [-0.1, -0.05) is 36.4 Å². The number of nitrogens with zero attached hydrogens (tertiary/aromatic N) is 4. The Kier molecular flexibility index (Phi) is 3.16. The molecule has 0 aliphatic heterocycles. The van der Waals surface area contributed by atoms with Gasteiger partial charge in [0.1, 0.15) is 5.82 Å². The summed E-state index contributed by atoms with van der Waals surface area (Å²) in [6, 6.07) is 14.0. The van der Waals surface area contributed by atoms with Crippen LogP contribution in [0.2, 0.25) is 0 Å². The SMILES string of the molecule is Cc1ccccc1-c1nnc(-c2ccccc2F)nn1. The molecule has 3 aromatic rings. The van der Waals surface area contributed by atoms with Crippen LogP contribution < -0.4 is 0 Å². The van der Waals surface area contributed by atoms with Crippen LogP contribution in [0.15, 0.2) is 48.5 Å². The molecule has 0 spiro atoms. The fourth-order valence-corrected chi connectivity index (χ4v) is 1.91. The summed E-state index contributed by atoms with van der Waals surface area (Å²) in [6.07, 6.45) is 0. The summed E-state index contributed by atoms with van der Waals surface area (Å²) >= 11 is 0. The molecular formula is C15H11FN4. The van der Waals surface area contributed by atoms with Gasteiger partial charge in [0, 0.05) is 5.56 Å². The molecule has 4 nitrogen and oxygen atoms in total. The predicted molar refractivity (Wildman–Crippen MR) is 73.2 cm³/mol. The van der Waals surface area contributed by atoms with E-state index >= 15 is 0 Å². The Morgan fingerprint density at radius 2 is 1.20 bits per heavy atom. The Labute approximate surface area is 115 Å². The zero-order chi connectivity index (χ0) is 13.9. The van der Waals surface area contributed by atoms with Crippen LogP contribution in [0.25, 0.3) is 22.8 Å². The maximum absolute atomic E-state index is 13.6. The maximum Gasteiger partial charge on any atom is 0.206 e. The number of rotatable bonds is 2. The average molecular weight is 266 g/mol. The normalized spacial score (nSPS) is 10.5. The Morgan fingerprint density at radius 1 is 0.700 bits per heavy atom. The molecule has 0 amide bonds. The van der Waals surface area contributed by atoms with Gasteiger partial charge in [-0.25, -0.2) is 4.39 Å². The van der Waals surface area contributed by atoms with Crippen molar-refractivity contribution in [1.29, 1.82) is 0 Å². The van der Waals surface area contributed by atoms with E-state index in [1.54, 1.807) is 18.2 Å². The second-order valence-electron chi connectivity index (χ2n) is 4.34. The highest BCUT2D eigenvalue weighted by molar-refractivity contribution is 5.60. The Bertz CT molecular complexity index is 676. The lowest BCUT2D eigenvalue weighted by atomic mass is 10.1. The smallest absolute Gasteiger partial charge is 0.206 e. The molecule has 0 fully saturated rings. The fraction of sp³-hybridized carbons (Fsp3) is 0.0667. The number of hydrogen-bond donors (Lipinski definition) is 0. The summed E-state index contributed by atoms with van der Waals surface area (Å²) in [5.41, 5.74) is 2.20. The first-order valence-corrected chi connectivity index (χ1v) is 6.14. The summed E-state index contributed by atoms with van der Waals surface area (Å²) in [5, 5.41) is 16.0. The Balaban J connectivity index is 2.01. The average Bonchev–Trinajstić information content (AvgIpc) is 2.49. The van der Waals surface area contributed by atoms with Gasteiger partial charge < -0.3 is 0 Å². The number of benzene rings is 2. The maximum atomic E-state index is 13.6. The van der Waals surface area contributed by atoms with Crippen molar-refractivity contribution in [3.05, 3.63) is 59.9 Å². The summed E-state index contributed by atoms with van der Waals surface area (Å²) in [7, 11) is 0. The Morgan fingerprint density at radius 3 is 1.80 bits per heavy atom. The molecule has 1 aromatic heterocycles. The van der Waals surface area contributed by atoms with Gasteiger partial charge >= 0.3 is 0 Å². The molecule has 0 saturated heterocycles. The predicted octanol–water partition coefficient (Wildman–Crippen LogP) is 3.05. The third kappa shape index (κ3) is 2.25. The van der Waals surface area contributed by atoms with Crippen LogP contribution in [-0.4, -0.2) is 20.4 Å². The minimum absolute atomic E-state index is 0.181. The summed E-state index contributed by atoms with van der Waals surface area (Å²) in [4.78, 5) is 0. The molecule has 0 atom stereocenters. The van der Waals surface area contributed by atoms with Crippen molar-refractivity contribution in [3.8, 4) is 22.8 Å². The highest BCUT2D eigenvalue weighted by Gasteiger charge is 2.10. The second kappa shape index (κ2) is 5.13. The fourth-order valence-electron chi connectivity index (χ4n) is 1.91. The number of aryl methyl sites for hydroxylation is 1. The molecule has 2 aromatic carbocycles. The standard InChI is InChI=1S/C15H11FN4/c1-10-6-2-3-7-11(10)14-17-19-15(20-18-14)12-8-4-5-9-13(12)16/h2-9H,1H3. The van der Waals surface area contributed by atoms with E-state index in [4.69, 9.17) is 0 Å². The van der Waals surface area contributed by atoms with E-state index in [2.05, 4.69) is 20.4 Å². The zero-order valence-corrected chi connectivity index (χ0v) is 10.8. The lowest BCUT2D eigenvalue weighted by molar-refractivity contribution is 0.628. The second-order valence-corrected chi connectivity index (χ2v) is 4.34. The van der Waals surface area contributed by atoms with Gasteiger partial charge in [-0.15, -0.1) is 20.4 Å². The lowest BCUT2D eigenvalue weighted by Gasteiger charge is -2.03. The molecular weight excluding hydrogens is 255 g/mol. The van der Waals surface area contributed by atoms with Crippen molar-refractivity contribution in [2.24, 2.45) is 0 Å². The Hall–Kier alpha value is -2.69. The van der Waals surface area contributed by atoms with Crippen LogP contribution in [0.1, 0.15) is 5.56 Å². The van der Waals surface area contributed by atoms with Crippen molar-refractivity contribution in [2.75, 3.05) is 0 Å². The molecule has 0 bridgehead atoms. The first-order chi connectivity index (χ1) is 9.75. The van der Waals surface area contributed by atoms with Crippen LogP contribution in [0, 0.1) is 12.7 Å². The summed E-state index contributed by atoms with van der Waals surface area (Å²) in [6.45, 7) is 1.96. The summed E-state index contributed by atoms with van der Waals surface area (Å²) in [5.74, 6) is 0.225. The third-order valence-electron chi connectivity index (χ3n) is 2.98. The van der Waals surface area contributed by atoms with Gasteiger partial charge in [0.25, 0.3) is 0 Å². The molecule has 0 N–H and O–H groups in total. The van der Waals surface area contributed by atoms with Gasteiger partial charge in [-0.2, -0.15) is 0 Å². The highest BCUT2D eigenvalue weighted by atomic mass is 19.1. The largest absolute Gasteiger partial charge is 0.206 e. The highest BCUT2D eigenvalue weighted by Crippen LogP contribution is 2.20. The topological polar surface area (TPSA) is 51.6 Å². The molecule has 0 radical (unpaired) electrons. The van der Waals surface area contributed by atoms with E-state index in [1.807, 2.05) is 31.2 Å². The minimum Gasteiger partial charge on any atom is -0.206 e. The number of hydrogen-bond acceptors (Lipinski definition) is 4. The monoisotopic (exact) mass is 266 g/mol. The minimum atomic E-state index is -0.389. The lowest BCUT2D eigenvalue weighted by Crippen LogP contribution is -2.01. The van der Waals surface area contributed by atoms with E-state index in [1.165, 1.54) is 6.07 Å². The van der Waals surface area contributed by atoms with E-state index in [0.717, 1.165) is 11.1 Å². The summed E-state index contributed by atoms with van der Waals surface area (Å²) < 4.78 is 13.6. The van der Waals surface area contributed by atoms with Gasteiger partial charge in [-0.05, 0) is 24.6 Å². The van der Waals surface area contributed by atoms with Crippen molar-refractivity contribution in [1.82, 2.24) is 20.4 Å². The van der Waals surface area contributed by atoms with Crippen LogP contribution in [0.4, 0.5) is 4.39 Å². The van der Waals surface area contributed by atoms with E-state index < -0.39 is 0 Å². The van der Waals surface area contributed by atoms with Crippen molar-refractivity contribution in [3.63, 3.8) is 0 Å². The van der Waals surface area contributed by atoms with Gasteiger partial charge in [-0.3, -0.25) is 0 Å². The van der Waals surface area contributed by atoms with Crippen LogP contribution >= 0.6 is 0 Å². The van der Waals surface area contributed by atoms with E-state index in [0.29, 0.717) is 11.4 Å².